The number of benzene rings is 1. The molecule has 3 rings (SSSR count). The van der Waals surface area contributed by atoms with Crippen LogP contribution in [0.15, 0.2) is 28.7 Å². The molecular weight excluding hydrogens is 292 g/mol. The Kier molecular flexibility index (Phi) is 5.74. The number of aromatic nitrogens is 2. The number of hydrogen-bond acceptors (Lipinski definition) is 6. The molecule has 6 nitrogen and oxygen atoms in total. The lowest BCUT2D eigenvalue weighted by atomic mass is 10.1. The molecule has 0 amide bonds. The van der Waals surface area contributed by atoms with Crippen LogP contribution in [0.25, 0.3) is 11.5 Å². The van der Waals surface area contributed by atoms with Crippen molar-refractivity contribution in [2.24, 2.45) is 0 Å². The molecule has 6 heteroatoms. The van der Waals surface area contributed by atoms with Gasteiger partial charge in [-0.05, 0) is 38.6 Å². The highest BCUT2D eigenvalue weighted by molar-refractivity contribution is 5.53. The summed E-state index contributed by atoms with van der Waals surface area (Å²) in [6.07, 6.45) is 1.11. The summed E-state index contributed by atoms with van der Waals surface area (Å²) in [5.74, 6) is 1.21. The van der Waals surface area contributed by atoms with Gasteiger partial charge in [0.15, 0.2) is 0 Å². The predicted octanol–water partition coefficient (Wildman–Crippen LogP) is 1.86. The fraction of sp³-hybridized carbons (Fsp3) is 0.529. The van der Waals surface area contributed by atoms with E-state index in [9.17, 15) is 0 Å². The van der Waals surface area contributed by atoms with E-state index in [1.165, 1.54) is 5.56 Å². The predicted molar refractivity (Wildman–Crippen MR) is 88.1 cm³/mol. The van der Waals surface area contributed by atoms with Gasteiger partial charge in [-0.2, -0.15) is 0 Å². The molecule has 1 fully saturated rings. The number of rotatable bonds is 7. The lowest BCUT2D eigenvalue weighted by Crippen LogP contribution is -2.37. The average molecular weight is 316 g/mol. The van der Waals surface area contributed by atoms with Crippen molar-refractivity contribution in [2.75, 3.05) is 39.4 Å². The van der Waals surface area contributed by atoms with Crippen molar-refractivity contribution in [2.45, 2.75) is 19.9 Å². The molecule has 1 aliphatic heterocycles. The summed E-state index contributed by atoms with van der Waals surface area (Å²) in [5, 5.41) is 11.6. The van der Waals surface area contributed by atoms with Crippen LogP contribution in [-0.2, 0) is 11.3 Å². The molecule has 0 aliphatic carbocycles. The van der Waals surface area contributed by atoms with E-state index in [1.54, 1.807) is 0 Å². The van der Waals surface area contributed by atoms with Crippen molar-refractivity contribution in [3.63, 3.8) is 0 Å². The zero-order chi connectivity index (χ0) is 15.9. The number of aryl methyl sites for hydroxylation is 1. The average Bonchev–Trinajstić information content (AvgIpc) is 3.04. The minimum Gasteiger partial charge on any atom is -0.419 e. The Morgan fingerprint density at radius 1 is 1.22 bits per heavy atom. The fourth-order valence-electron chi connectivity index (χ4n) is 2.67. The van der Waals surface area contributed by atoms with Gasteiger partial charge in [-0.25, -0.2) is 0 Å². The minimum absolute atomic E-state index is 0.582. The lowest BCUT2D eigenvalue weighted by Gasteiger charge is -2.26. The maximum absolute atomic E-state index is 5.71. The zero-order valence-corrected chi connectivity index (χ0v) is 13.6. The van der Waals surface area contributed by atoms with E-state index in [0.29, 0.717) is 18.3 Å². The molecule has 0 saturated carbocycles. The SMILES string of the molecule is Cc1cccc(-c2nnc(CNCCCN3CCOCC3)o2)c1. The van der Waals surface area contributed by atoms with Crippen LogP contribution >= 0.6 is 0 Å². The van der Waals surface area contributed by atoms with E-state index in [2.05, 4.69) is 33.4 Å². The minimum atomic E-state index is 0.582. The van der Waals surface area contributed by atoms with E-state index in [0.717, 1.165) is 51.4 Å². The van der Waals surface area contributed by atoms with Crippen molar-refractivity contribution < 1.29 is 9.15 Å². The Balaban J connectivity index is 1.39. The Labute approximate surface area is 136 Å². The summed E-state index contributed by atoms with van der Waals surface area (Å²) in [4.78, 5) is 2.44. The largest absolute Gasteiger partial charge is 0.419 e. The van der Waals surface area contributed by atoms with Crippen LogP contribution in [0.3, 0.4) is 0 Å². The summed E-state index contributed by atoms with van der Waals surface area (Å²) < 4.78 is 11.1. The molecular formula is C17H24N4O2. The maximum atomic E-state index is 5.71. The monoisotopic (exact) mass is 316 g/mol. The van der Waals surface area contributed by atoms with Gasteiger partial charge >= 0.3 is 0 Å². The van der Waals surface area contributed by atoms with Crippen LogP contribution in [0.5, 0.6) is 0 Å². The van der Waals surface area contributed by atoms with Crippen molar-refractivity contribution in [3.05, 3.63) is 35.7 Å². The first-order chi connectivity index (χ1) is 11.3. The second-order valence-corrected chi connectivity index (χ2v) is 5.85. The quantitative estimate of drug-likeness (QED) is 0.787. The topological polar surface area (TPSA) is 63.4 Å². The number of ether oxygens (including phenoxy) is 1. The summed E-state index contributed by atoms with van der Waals surface area (Å²) in [6.45, 7) is 8.52. The smallest absolute Gasteiger partial charge is 0.247 e. The number of hydrogen-bond donors (Lipinski definition) is 1. The first-order valence-corrected chi connectivity index (χ1v) is 8.21. The van der Waals surface area contributed by atoms with Gasteiger partial charge in [0.05, 0.1) is 19.8 Å². The first kappa shape index (κ1) is 16.1. The maximum Gasteiger partial charge on any atom is 0.247 e. The van der Waals surface area contributed by atoms with Gasteiger partial charge < -0.3 is 14.5 Å². The number of nitrogens with one attached hydrogen (secondary N) is 1. The fourth-order valence-corrected chi connectivity index (χ4v) is 2.67. The third-order valence-corrected chi connectivity index (χ3v) is 3.94. The Bertz CT molecular complexity index is 608. The molecule has 0 unspecified atom stereocenters. The van der Waals surface area contributed by atoms with Crippen LogP contribution in [0.2, 0.25) is 0 Å². The highest BCUT2D eigenvalue weighted by Gasteiger charge is 2.10. The second kappa shape index (κ2) is 8.19. The first-order valence-electron chi connectivity index (χ1n) is 8.21. The summed E-state index contributed by atoms with van der Waals surface area (Å²) in [5.41, 5.74) is 2.15. The van der Waals surface area contributed by atoms with Crippen molar-refractivity contribution in [1.29, 1.82) is 0 Å². The molecule has 23 heavy (non-hydrogen) atoms. The Morgan fingerprint density at radius 2 is 2.09 bits per heavy atom. The highest BCUT2D eigenvalue weighted by Crippen LogP contribution is 2.18. The van der Waals surface area contributed by atoms with Crippen LogP contribution in [0.4, 0.5) is 0 Å². The second-order valence-electron chi connectivity index (χ2n) is 5.85. The molecule has 1 N–H and O–H groups in total. The molecule has 1 aromatic heterocycles. The normalized spacial score (nSPS) is 15.9. The van der Waals surface area contributed by atoms with E-state index in [4.69, 9.17) is 9.15 Å². The van der Waals surface area contributed by atoms with Gasteiger partial charge in [-0.15, -0.1) is 10.2 Å². The van der Waals surface area contributed by atoms with Crippen molar-refractivity contribution in [1.82, 2.24) is 20.4 Å². The molecule has 1 saturated heterocycles. The molecule has 1 aliphatic rings. The third-order valence-electron chi connectivity index (χ3n) is 3.94. The summed E-state index contributed by atoms with van der Waals surface area (Å²) in [6, 6.07) is 8.09. The van der Waals surface area contributed by atoms with Crippen molar-refractivity contribution in [3.8, 4) is 11.5 Å². The highest BCUT2D eigenvalue weighted by atomic mass is 16.5. The molecule has 2 heterocycles. The van der Waals surface area contributed by atoms with Crippen molar-refractivity contribution >= 4 is 0 Å². The Hall–Kier alpha value is -1.76. The molecule has 2 aromatic rings. The standard InChI is InChI=1S/C17H24N4O2/c1-14-4-2-5-15(12-14)17-20-19-16(23-17)13-18-6-3-7-21-8-10-22-11-9-21/h2,4-5,12,18H,3,6-11,13H2,1H3. The molecule has 124 valence electrons. The van der Waals surface area contributed by atoms with Gasteiger partial charge in [0.2, 0.25) is 11.8 Å². The lowest BCUT2D eigenvalue weighted by molar-refractivity contribution is 0.0374. The van der Waals surface area contributed by atoms with Gasteiger partial charge in [-0.3, -0.25) is 4.90 Å². The summed E-state index contributed by atoms with van der Waals surface area (Å²) in [7, 11) is 0. The summed E-state index contributed by atoms with van der Waals surface area (Å²) >= 11 is 0. The van der Waals surface area contributed by atoms with E-state index < -0.39 is 0 Å². The van der Waals surface area contributed by atoms with Crippen LogP contribution in [0, 0.1) is 6.92 Å². The van der Waals surface area contributed by atoms with Gasteiger partial charge in [0.25, 0.3) is 0 Å². The number of nitrogens with zero attached hydrogens (tertiary/aromatic N) is 3. The van der Waals surface area contributed by atoms with Gasteiger partial charge in [0.1, 0.15) is 0 Å². The molecule has 0 radical (unpaired) electrons. The zero-order valence-electron chi connectivity index (χ0n) is 13.6. The van der Waals surface area contributed by atoms with E-state index >= 15 is 0 Å². The van der Waals surface area contributed by atoms with Crippen LogP contribution < -0.4 is 5.32 Å². The molecule has 1 aromatic carbocycles. The number of morpholine rings is 1. The van der Waals surface area contributed by atoms with Gasteiger partial charge in [-0.1, -0.05) is 17.7 Å². The molecule has 0 atom stereocenters. The molecule has 0 spiro atoms. The van der Waals surface area contributed by atoms with E-state index in [-0.39, 0.29) is 0 Å². The van der Waals surface area contributed by atoms with Gasteiger partial charge in [0, 0.05) is 18.7 Å². The Morgan fingerprint density at radius 3 is 2.91 bits per heavy atom. The van der Waals surface area contributed by atoms with Crippen LogP contribution in [0.1, 0.15) is 17.9 Å². The van der Waals surface area contributed by atoms with Crippen LogP contribution in [-0.4, -0.2) is 54.5 Å². The molecule has 0 bridgehead atoms. The third kappa shape index (κ3) is 4.86. The van der Waals surface area contributed by atoms with E-state index in [1.807, 2.05) is 18.2 Å².